The zero-order chi connectivity index (χ0) is 20.8. The lowest BCUT2D eigenvalue weighted by Crippen LogP contribution is -2.25. The van der Waals surface area contributed by atoms with Crippen molar-refractivity contribution in [2.24, 2.45) is 10.8 Å². The van der Waals surface area contributed by atoms with Gasteiger partial charge in [0.2, 0.25) is 0 Å². The minimum atomic E-state index is -0.261. The molecule has 0 radical (unpaired) electrons. The Morgan fingerprint density at radius 2 is 1.90 bits per heavy atom. The van der Waals surface area contributed by atoms with Crippen molar-refractivity contribution < 1.29 is 0 Å². The fourth-order valence-corrected chi connectivity index (χ4v) is 3.19. The Morgan fingerprint density at radius 3 is 2.55 bits per heavy atom. The van der Waals surface area contributed by atoms with Gasteiger partial charge in [-0.15, -0.1) is 5.10 Å². The number of aryl methyl sites for hydroxylation is 3. The molecule has 0 atom stereocenters. The van der Waals surface area contributed by atoms with Gasteiger partial charge in [-0.25, -0.2) is 4.98 Å². The Balaban J connectivity index is 1.76. The normalized spacial score (nSPS) is 11.5. The SMILES string of the molecule is CCCc1ccc(NCc2cc(=O)n(N=C(N)c3ccccc3)c(C)n2)cc1C. The minimum Gasteiger partial charge on any atom is -0.382 e. The molecule has 6 nitrogen and oxygen atoms in total. The van der Waals surface area contributed by atoms with Gasteiger partial charge in [-0.05, 0) is 43.5 Å². The summed E-state index contributed by atoms with van der Waals surface area (Å²) in [5, 5.41) is 7.58. The first-order valence-corrected chi connectivity index (χ1v) is 9.80. The van der Waals surface area contributed by atoms with E-state index in [0.717, 1.165) is 24.1 Å². The summed E-state index contributed by atoms with van der Waals surface area (Å²) in [5.41, 5.74) is 10.8. The molecule has 3 rings (SSSR count). The molecule has 0 aliphatic carbocycles. The molecule has 0 fully saturated rings. The van der Waals surface area contributed by atoms with E-state index in [1.165, 1.54) is 21.9 Å². The predicted molar refractivity (Wildman–Crippen MR) is 118 cm³/mol. The maximum atomic E-state index is 12.5. The van der Waals surface area contributed by atoms with Crippen LogP contribution >= 0.6 is 0 Å². The molecule has 0 spiro atoms. The number of aromatic nitrogens is 2. The summed E-state index contributed by atoms with van der Waals surface area (Å²) in [7, 11) is 0. The number of nitrogens with zero attached hydrogens (tertiary/aromatic N) is 3. The lowest BCUT2D eigenvalue weighted by atomic mass is 10.0. The van der Waals surface area contributed by atoms with Crippen LogP contribution in [0.4, 0.5) is 5.69 Å². The Labute approximate surface area is 171 Å². The maximum Gasteiger partial charge on any atom is 0.274 e. The van der Waals surface area contributed by atoms with Crippen molar-refractivity contribution in [2.45, 2.75) is 40.2 Å². The zero-order valence-electron chi connectivity index (χ0n) is 17.1. The molecule has 6 heteroatoms. The topological polar surface area (TPSA) is 85.3 Å². The molecular formula is C23H27N5O. The molecule has 1 heterocycles. The van der Waals surface area contributed by atoms with E-state index in [0.29, 0.717) is 18.1 Å². The third-order valence-electron chi connectivity index (χ3n) is 4.72. The number of anilines is 1. The lowest BCUT2D eigenvalue weighted by molar-refractivity contribution is 0.734. The van der Waals surface area contributed by atoms with Crippen molar-refractivity contribution in [2.75, 3.05) is 5.32 Å². The van der Waals surface area contributed by atoms with Crippen LogP contribution in [0.1, 0.15) is 41.6 Å². The number of nitrogens with one attached hydrogen (secondary N) is 1. The van der Waals surface area contributed by atoms with Gasteiger partial charge in [-0.3, -0.25) is 4.79 Å². The minimum absolute atomic E-state index is 0.261. The fourth-order valence-electron chi connectivity index (χ4n) is 3.19. The molecule has 1 aromatic heterocycles. The molecule has 0 aliphatic heterocycles. The van der Waals surface area contributed by atoms with Crippen molar-refractivity contribution in [3.63, 3.8) is 0 Å². The first-order chi connectivity index (χ1) is 14.0. The van der Waals surface area contributed by atoms with Crippen LogP contribution in [0, 0.1) is 13.8 Å². The monoisotopic (exact) mass is 389 g/mol. The zero-order valence-corrected chi connectivity index (χ0v) is 17.1. The van der Waals surface area contributed by atoms with Crippen LogP contribution < -0.4 is 16.6 Å². The second kappa shape index (κ2) is 9.19. The van der Waals surface area contributed by atoms with Gasteiger partial charge in [0.1, 0.15) is 5.82 Å². The number of hydrogen-bond donors (Lipinski definition) is 2. The molecule has 0 saturated carbocycles. The molecule has 0 unspecified atom stereocenters. The molecule has 150 valence electrons. The van der Waals surface area contributed by atoms with Crippen LogP contribution in [0.3, 0.4) is 0 Å². The highest BCUT2D eigenvalue weighted by molar-refractivity contribution is 5.97. The van der Waals surface area contributed by atoms with Gasteiger partial charge >= 0.3 is 0 Å². The van der Waals surface area contributed by atoms with Gasteiger partial charge in [0.05, 0.1) is 12.2 Å². The van der Waals surface area contributed by atoms with E-state index in [-0.39, 0.29) is 11.4 Å². The summed E-state index contributed by atoms with van der Waals surface area (Å²) >= 11 is 0. The molecule has 29 heavy (non-hydrogen) atoms. The number of benzene rings is 2. The predicted octanol–water partition coefficient (Wildman–Crippen LogP) is 3.59. The second-order valence-electron chi connectivity index (χ2n) is 7.04. The van der Waals surface area contributed by atoms with E-state index < -0.39 is 0 Å². The average molecular weight is 390 g/mol. The van der Waals surface area contributed by atoms with Crippen LogP contribution in [0.25, 0.3) is 0 Å². The average Bonchev–Trinajstić information content (AvgIpc) is 2.71. The molecule has 0 saturated heterocycles. The largest absolute Gasteiger partial charge is 0.382 e. The number of rotatable bonds is 7. The molecule has 3 aromatic rings. The van der Waals surface area contributed by atoms with E-state index in [9.17, 15) is 4.79 Å². The van der Waals surface area contributed by atoms with Crippen LogP contribution in [0.5, 0.6) is 0 Å². The highest BCUT2D eigenvalue weighted by atomic mass is 16.1. The van der Waals surface area contributed by atoms with E-state index in [1.807, 2.05) is 30.3 Å². The number of nitrogens with two attached hydrogens (primary N) is 1. The Morgan fingerprint density at radius 1 is 1.14 bits per heavy atom. The van der Waals surface area contributed by atoms with Gasteiger partial charge in [-0.2, -0.15) is 4.68 Å². The highest BCUT2D eigenvalue weighted by Gasteiger charge is 2.07. The first-order valence-electron chi connectivity index (χ1n) is 9.80. The van der Waals surface area contributed by atoms with E-state index >= 15 is 0 Å². The van der Waals surface area contributed by atoms with E-state index in [2.05, 4.69) is 47.4 Å². The Hall–Kier alpha value is -3.41. The molecule has 0 aliphatic rings. The summed E-state index contributed by atoms with van der Waals surface area (Å²) in [5.74, 6) is 0.758. The fraction of sp³-hybridized carbons (Fsp3) is 0.261. The molecule has 2 aromatic carbocycles. The molecule has 3 N–H and O–H groups in total. The van der Waals surface area contributed by atoms with Gasteiger partial charge in [0.15, 0.2) is 5.84 Å². The van der Waals surface area contributed by atoms with Crippen molar-refractivity contribution in [1.29, 1.82) is 0 Å². The maximum absolute atomic E-state index is 12.5. The number of hydrogen-bond acceptors (Lipinski definition) is 4. The van der Waals surface area contributed by atoms with Crippen molar-refractivity contribution in [3.8, 4) is 0 Å². The van der Waals surface area contributed by atoms with Gasteiger partial charge in [0.25, 0.3) is 5.56 Å². The third kappa shape index (κ3) is 5.10. The second-order valence-corrected chi connectivity index (χ2v) is 7.04. The quantitative estimate of drug-likeness (QED) is 0.478. The van der Waals surface area contributed by atoms with Crippen molar-refractivity contribution in [1.82, 2.24) is 9.66 Å². The molecular weight excluding hydrogens is 362 g/mol. The summed E-state index contributed by atoms with van der Waals surface area (Å²) in [6, 6.07) is 17.2. The van der Waals surface area contributed by atoms with Crippen LogP contribution in [0.2, 0.25) is 0 Å². The van der Waals surface area contributed by atoms with Crippen LogP contribution in [-0.2, 0) is 13.0 Å². The third-order valence-corrected chi connectivity index (χ3v) is 4.72. The summed E-state index contributed by atoms with van der Waals surface area (Å²) < 4.78 is 1.23. The molecule has 0 bridgehead atoms. The van der Waals surface area contributed by atoms with Crippen LogP contribution in [-0.4, -0.2) is 15.5 Å². The van der Waals surface area contributed by atoms with Gasteiger partial charge < -0.3 is 11.1 Å². The van der Waals surface area contributed by atoms with E-state index in [1.54, 1.807) is 6.92 Å². The first kappa shape index (κ1) is 20.3. The Kier molecular flexibility index (Phi) is 6.44. The lowest BCUT2D eigenvalue weighted by Gasteiger charge is -2.11. The number of amidine groups is 1. The van der Waals surface area contributed by atoms with Gasteiger partial charge in [-0.1, -0.05) is 49.7 Å². The highest BCUT2D eigenvalue weighted by Crippen LogP contribution is 2.17. The Bertz CT molecular complexity index is 1070. The standard InChI is InChI=1S/C23H27N5O/c1-4-8-18-11-12-20(13-16(18)2)25-15-21-14-22(29)28(17(3)26-21)27-23(24)19-9-6-5-7-10-19/h5-7,9-14,25H,4,8,15H2,1-3H3,(H2,24,27). The van der Waals surface area contributed by atoms with E-state index in [4.69, 9.17) is 5.73 Å². The van der Waals surface area contributed by atoms with Crippen LogP contribution in [0.15, 0.2) is 64.5 Å². The summed E-state index contributed by atoms with van der Waals surface area (Å²) in [4.78, 5) is 17.0. The summed E-state index contributed by atoms with van der Waals surface area (Å²) in [6.07, 6.45) is 2.21. The molecule has 0 amide bonds. The smallest absolute Gasteiger partial charge is 0.274 e. The van der Waals surface area contributed by atoms with Crippen molar-refractivity contribution in [3.05, 3.63) is 93.2 Å². The summed E-state index contributed by atoms with van der Waals surface area (Å²) in [6.45, 7) is 6.51. The van der Waals surface area contributed by atoms with Gasteiger partial charge in [0, 0.05) is 17.3 Å². The van der Waals surface area contributed by atoms with Crippen molar-refractivity contribution >= 4 is 11.5 Å².